The number of fused-ring (bicyclic) bond motifs is 3. The summed E-state index contributed by atoms with van der Waals surface area (Å²) in [6, 6.07) is 41.6. The normalized spacial score (nSPS) is 15.1. The summed E-state index contributed by atoms with van der Waals surface area (Å²) in [4.78, 5) is 0. The summed E-state index contributed by atoms with van der Waals surface area (Å²) in [6.07, 6.45) is -2.45. The maximum atomic E-state index is 14.6. The molecule has 2 aliphatic carbocycles. The van der Waals surface area contributed by atoms with Gasteiger partial charge in [0.1, 0.15) is 0 Å². The van der Waals surface area contributed by atoms with Crippen LogP contribution in [0.3, 0.4) is 0 Å². The molecule has 0 aromatic heterocycles. The molecule has 0 spiro atoms. The van der Waals surface area contributed by atoms with Gasteiger partial charge in [-0.2, -0.15) is 0 Å². The molecular formula is C52H44F6Zr. The number of allylic oxidation sites excluding steroid dienone is 4. The van der Waals surface area contributed by atoms with E-state index in [1.165, 1.54) is 12.1 Å². The first kappa shape index (κ1) is 40.9. The van der Waals surface area contributed by atoms with Crippen LogP contribution in [0.25, 0.3) is 33.4 Å². The third-order valence-electron chi connectivity index (χ3n) is 11.6. The molecule has 2 aliphatic rings. The number of halogens is 6. The second-order valence-corrected chi connectivity index (χ2v) is 22.3. The average molecular weight is 874 g/mol. The monoisotopic (exact) mass is 872 g/mol. The second kappa shape index (κ2) is 16.0. The third kappa shape index (κ3) is 8.20. The molecule has 0 N–H and O–H groups in total. The minimum absolute atomic E-state index is 0.0248. The van der Waals surface area contributed by atoms with Crippen molar-refractivity contribution in [1.82, 2.24) is 0 Å². The van der Waals surface area contributed by atoms with E-state index in [0.717, 1.165) is 93.7 Å². The summed E-state index contributed by atoms with van der Waals surface area (Å²) >= 11 is -3.98. The van der Waals surface area contributed by atoms with E-state index in [1.807, 2.05) is 36.4 Å². The molecule has 8 rings (SSSR count). The van der Waals surface area contributed by atoms with Crippen LogP contribution < -0.4 is 3.27 Å². The first-order chi connectivity index (χ1) is 28.1. The van der Waals surface area contributed by atoms with Crippen LogP contribution in [0.4, 0.5) is 26.3 Å². The summed E-state index contributed by atoms with van der Waals surface area (Å²) in [5.74, 6) is -0.0248. The Kier molecular flexibility index (Phi) is 11.1. The number of alkyl halides is 6. The Morgan fingerprint density at radius 2 is 1.15 bits per heavy atom. The number of hydrogen-bond donors (Lipinski definition) is 0. The molecule has 0 bridgehead atoms. The van der Waals surface area contributed by atoms with Gasteiger partial charge < -0.3 is 0 Å². The van der Waals surface area contributed by atoms with Gasteiger partial charge in [-0.3, -0.25) is 0 Å². The van der Waals surface area contributed by atoms with Crippen LogP contribution in [-0.2, 0) is 40.0 Å². The van der Waals surface area contributed by atoms with E-state index in [-0.39, 0.29) is 11.3 Å². The first-order valence-corrected chi connectivity index (χ1v) is 23.7. The minimum atomic E-state index is -4.65. The van der Waals surface area contributed by atoms with Crippen molar-refractivity contribution in [2.45, 2.75) is 59.3 Å². The molecule has 1 unspecified atom stereocenters. The standard InChI is InChI=1S/C25H17.C15H8F6.C12H19.Zr/c1-3-7-18(8-4-1)20-11-13-24-22(15-20)17-23-16-21(12-14-25(23)24)19-9-5-2-6-10-19;16-14(17,18)12-5-1-3-10(8-12)7-11-4-2-6-13(9-11)15(19,20)21;1-5-6-10-7-8-11(9-10)12(2,3)4;/h1-15H,17H2;1-6,8-9H;8-10H,5-6H2,1-4H3;. The summed E-state index contributed by atoms with van der Waals surface area (Å²) in [5, 5.41) is 0. The molecule has 0 saturated heterocycles. The van der Waals surface area contributed by atoms with Crippen LogP contribution in [-0.4, -0.2) is 3.21 Å². The molecule has 7 heteroatoms. The molecule has 6 aromatic carbocycles. The fourth-order valence-electron chi connectivity index (χ4n) is 8.71. The van der Waals surface area contributed by atoms with E-state index >= 15 is 0 Å². The van der Waals surface area contributed by atoms with Crippen molar-refractivity contribution in [3.05, 3.63) is 194 Å². The van der Waals surface area contributed by atoms with Crippen molar-refractivity contribution in [3.63, 3.8) is 0 Å². The van der Waals surface area contributed by atoms with Crippen molar-refractivity contribution in [2.24, 2.45) is 11.3 Å². The SMILES string of the molecule is CCCC1C=C(C(C)(C)C)C=[C]1[Zr](=[C](c1cccc(C(F)(F)F)c1)c1cccc(C(F)(F)F)c1)[c]1c(-c2ccccc2)ccc2c1Cc1cc(-c3ccccc3)ccc1-2. The van der Waals surface area contributed by atoms with Gasteiger partial charge in [-0.25, -0.2) is 0 Å². The zero-order chi connectivity index (χ0) is 41.7. The Morgan fingerprint density at radius 1 is 0.593 bits per heavy atom. The fraction of sp³-hybridized carbons (Fsp3) is 0.212. The van der Waals surface area contributed by atoms with Gasteiger partial charge in [-0.05, 0) is 0 Å². The van der Waals surface area contributed by atoms with Gasteiger partial charge in [0, 0.05) is 0 Å². The molecule has 298 valence electrons. The Balaban J connectivity index is 1.54. The van der Waals surface area contributed by atoms with Crippen molar-refractivity contribution in [1.29, 1.82) is 0 Å². The van der Waals surface area contributed by atoms with Gasteiger partial charge in [0.05, 0.1) is 0 Å². The Bertz CT molecular complexity index is 2580. The molecule has 0 amide bonds. The first-order valence-electron chi connectivity index (χ1n) is 20.1. The third-order valence-corrected chi connectivity index (χ3v) is 19.5. The zero-order valence-corrected chi connectivity index (χ0v) is 35.9. The van der Waals surface area contributed by atoms with E-state index in [1.54, 1.807) is 12.1 Å². The van der Waals surface area contributed by atoms with Crippen LogP contribution in [0.15, 0.2) is 161 Å². The van der Waals surface area contributed by atoms with Gasteiger partial charge in [0.2, 0.25) is 0 Å². The summed E-state index contributed by atoms with van der Waals surface area (Å²) < 4.78 is 90.7. The van der Waals surface area contributed by atoms with Gasteiger partial charge in [-0.15, -0.1) is 0 Å². The number of hydrogen-bond acceptors (Lipinski definition) is 0. The van der Waals surface area contributed by atoms with Crippen LogP contribution >= 0.6 is 0 Å². The topological polar surface area (TPSA) is 0 Å². The molecule has 0 aliphatic heterocycles. The Labute approximate surface area is 350 Å². The summed E-state index contributed by atoms with van der Waals surface area (Å²) in [6.45, 7) is 8.60. The molecular weight excluding hydrogens is 830 g/mol. The fourth-order valence-corrected chi connectivity index (χ4v) is 17.6. The Hall–Kier alpha value is -4.87. The molecule has 0 nitrogen and oxygen atoms in total. The quantitative estimate of drug-likeness (QED) is 0.133. The van der Waals surface area contributed by atoms with Gasteiger partial charge in [-0.1, -0.05) is 0 Å². The molecule has 59 heavy (non-hydrogen) atoms. The van der Waals surface area contributed by atoms with Crippen molar-refractivity contribution in [3.8, 4) is 33.4 Å². The van der Waals surface area contributed by atoms with E-state index in [0.29, 0.717) is 20.8 Å². The second-order valence-electron chi connectivity index (χ2n) is 16.6. The maximum absolute atomic E-state index is 14.6. The molecule has 0 fully saturated rings. The van der Waals surface area contributed by atoms with E-state index in [9.17, 15) is 26.3 Å². The van der Waals surface area contributed by atoms with Crippen LogP contribution in [0.1, 0.15) is 73.9 Å². The molecule has 0 heterocycles. The molecule has 0 saturated carbocycles. The van der Waals surface area contributed by atoms with Crippen LogP contribution in [0.5, 0.6) is 0 Å². The van der Waals surface area contributed by atoms with Crippen LogP contribution in [0.2, 0.25) is 0 Å². The predicted octanol–water partition coefficient (Wildman–Crippen LogP) is 14.4. The summed E-state index contributed by atoms with van der Waals surface area (Å²) in [7, 11) is 0. The molecule has 0 radical (unpaired) electrons. The van der Waals surface area contributed by atoms with Crippen LogP contribution in [0, 0.1) is 11.3 Å². The molecule has 1 atom stereocenters. The average Bonchev–Trinajstić information content (AvgIpc) is 3.81. The Morgan fingerprint density at radius 3 is 1.71 bits per heavy atom. The predicted molar refractivity (Wildman–Crippen MR) is 225 cm³/mol. The van der Waals surface area contributed by atoms with Gasteiger partial charge in [0.25, 0.3) is 0 Å². The summed E-state index contributed by atoms with van der Waals surface area (Å²) in [5.41, 5.74) is 8.41. The van der Waals surface area contributed by atoms with E-state index < -0.39 is 44.7 Å². The zero-order valence-electron chi connectivity index (χ0n) is 33.4. The number of rotatable bonds is 8. The number of benzene rings is 6. The van der Waals surface area contributed by atoms with Crippen molar-refractivity contribution < 1.29 is 47.6 Å². The van der Waals surface area contributed by atoms with E-state index in [2.05, 4.69) is 94.4 Å². The van der Waals surface area contributed by atoms with Crippen molar-refractivity contribution in [2.75, 3.05) is 0 Å². The van der Waals surface area contributed by atoms with Crippen molar-refractivity contribution >= 4 is 6.48 Å². The molecule has 6 aromatic rings. The van der Waals surface area contributed by atoms with E-state index in [4.69, 9.17) is 0 Å². The van der Waals surface area contributed by atoms with Gasteiger partial charge >= 0.3 is 352 Å². The van der Waals surface area contributed by atoms with Gasteiger partial charge in [0.15, 0.2) is 0 Å².